The second kappa shape index (κ2) is 10.4. The molecule has 0 atom stereocenters. The molecule has 0 bridgehead atoms. The minimum Gasteiger partial charge on any atom is -0.276 e. The quantitative estimate of drug-likeness (QED) is 0.245. The number of hydrazone groups is 1. The minimum atomic E-state index is -0.283. The maximum absolute atomic E-state index is 12.1. The van der Waals surface area contributed by atoms with Crippen LogP contribution in [0.25, 0.3) is 55.2 Å². The van der Waals surface area contributed by atoms with E-state index >= 15 is 0 Å². The lowest BCUT2D eigenvalue weighted by molar-refractivity contribution is -0.749. The van der Waals surface area contributed by atoms with Crippen LogP contribution in [0.1, 0.15) is 5.56 Å². The molecule has 5 aromatic carbocycles. The SMILES string of the molecule is CN1N=C(c2ccc(-c3c4ccccc4c(-c4ccc(-c5nn(C)c(=O)[n+](C)n5)cc4)c4ccccc34)cc2)NN(C)C1=O. The molecule has 2 amide bonds. The smallest absolute Gasteiger partial charge is 0.276 e. The summed E-state index contributed by atoms with van der Waals surface area (Å²) in [4.78, 5) is 24.2. The van der Waals surface area contributed by atoms with Crippen molar-refractivity contribution >= 4 is 33.4 Å². The van der Waals surface area contributed by atoms with E-state index in [1.165, 1.54) is 19.4 Å². The van der Waals surface area contributed by atoms with E-state index in [2.05, 4.69) is 93.5 Å². The summed E-state index contributed by atoms with van der Waals surface area (Å²) in [5, 5.41) is 20.4. The van der Waals surface area contributed by atoms with E-state index in [4.69, 9.17) is 0 Å². The Bertz CT molecular complexity index is 2100. The Hall–Kier alpha value is -5.90. The number of carbonyl (C=O) groups is 1. The van der Waals surface area contributed by atoms with Crippen molar-refractivity contribution in [3.8, 4) is 33.6 Å². The number of benzene rings is 5. The number of hydrazine groups is 1. The number of urea groups is 1. The normalized spacial score (nSPS) is 13.4. The highest BCUT2D eigenvalue weighted by Crippen LogP contribution is 2.43. The van der Waals surface area contributed by atoms with Crippen LogP contribution in [-0.4, -0.2) is 50.9 Å². The summed E-state index contributed by atoms with van der Waals surface area (Å²) >= 11 is 0. The van der Waals surface area contributed by atoms with Gasteiger partial charge in [-0.1, -0.05) is 117 Å². The highest BCUT2D eigenvalue weighted by Gasteiger charge is 2.23. The molecule has 0 unspecified atom stereocenters. The number of hydrogen-bond donors (Lipinski definition) is 1. The summed E-state index contributed by atoms with van der Waals surface area (Å²) < 4.78 is 2.58. The van der Waals surface area contributed by atoms with Gasteiger partial charge in [0.05, 0.1) is 0 Å². The lowest BCUT2D eigenvalue weighted by Gasteiger charge is -2.29. The van der Waals surface area contributed by atoms with Crippen LogP contribution < -0.4 is 15.8 Å². The molecule has 0 fully saturated rings. The molecule has 10 nitrogen and oxygen atoms in total. The number of aryl methyl sites for hydroxylation is 2. The number of hydrogen-bond acceptors (Lipinski definition) is 6. The van der Waals surface area contributed by atoms with E-state index < -0.39 is 0 Å². The fourth-order valence-electron chi connectivity index (χ4n) is 5.81. The molecule has 1 N–H and O–H groups in total. The summed E-state index contributed by atoms with van der Waals surface area (Å²) in [5.41, 5.74) is 8.91. The number of nitrogens with zero attached hydrogens (tertiary/aromatic N) is 7. The molecule has 1 aromatic heterocycles. The molecular weight excluding hydrogens is 552 g/mol. The van der Waals surface area contributed by atoms with Crippen molar-refractivity contribution in [3.63, 3.8) is 0 Å². The summed E-state index contributed by atoms with van der Waals surface area (Å²) in [6, 6.07) is 33.2. The van der Waals surface area contributed by atoms with Crippen LogP contribution >= 0.6 is 0 Å². The zero-order valence-corrected chi connectivity index (χ0v) is 24.7. The third-order valence-corrected chi connectivity index (χ3v) is 7.94. The molecule has 2 heterocycles. The molecule has 0 saturated heterocycles. The van der Waals surface area contributed by atoms with Crippen LogP contribution in [0, 0.1) is 0 Å². The van der Waals surface area contributed by atoms with Crippen LogP contribution in [0.4, 0.5) is 4.79 Å². The monoisotopic (exact) mass is 581 g/mol. The maximum Gasteiger partial charge on any atom is 0.539 e. The molecule has 0 spiro atoms. The van der Waals surface area contributed by atoms with Gasteiger partial charge in [-0.3, -0.25) is 5.43 Å². The number of carbonyl (C=O) groups excluding carboxylic acids is 1. The molecule has 1 aliphatic heterocycles. The van der Waals surface area contributed by atoms with Gasteiger partial charge in [0.15, 0.2) is 5.84 Å². The van der Waals surface area contributed by atoms with Crippen molar-refractivity contribution in [1.29, 1.82) is 0 Å². The van der Waals surface area contributed by atoms with Crippen molar-refractivity contribution in [2.75, 3.05) is 14.1 Å². The predicted molar refractivity (Wildman–Crippen MR) is 170 cm³/mol. The highest BCUT2D eigenvalue weighted by atomic mass is 16.2. The molecule has 7 rings (SSSR count). The fraction of sp³-hybridized carbons (Fsp3) is 0.118. The Morgan fingerprint density at radius 3 is 1.55 bits per heavy atom. The molecule has 10 heteroatoms. The number of amides is 2. The summed E-state index contributed by atoms with van der Waals surface area (Å²) in [7, 11) is 6.56. The molecule has 44 heavy (non-hydrogen) atoms. The largest absolute Gasteiger partial charge is 0.539 e. The molecule has 1 aliphatic rings. The van der Waals surface area contributed by atoms with Crippen LogP contribution in [0.2, 0.25) is 0 Å². The molecular formula is C34H29N8O2+. The van der Waals surface area contributed by atoms with Gasteiger partial charge in [-0.2, -0.15) is 4.79 Å². The van der Waals surface area contributed by atoms with Gasteiger partial charge in [-0.05, 0) is 43.8 Å². The number of aromatic nitrogens is 4. The third-order valence-electron chi connectivity index (χ3n) is 7.94. The van der Waals surface area contributed by atoms with E-state index in [9.17, 15) is 9.59 Å². The van der Waals surface area contributed by atoms with E-state index in [0.717, 1.165) is 54.9 Å². The summed E-state index contributed by atoms with van der Waals surface area (Å²) in [6.45, 7) is 0. The van der Waals surface area contributed by atoms with E-state index in [-0.39, 0.29) is 11.7 Å². The van der Waals surface area contributed by atoms with Gasteiger partial charge >= 0.3 is 11.7 Å². The Morgan fingerprint density at radius 2 is 1.09 bits per heavy atom. The molecule has 6 aromatic rings. The summed E-state index contributed by atoms with van der Waals surface area (Å²) in [5.74, 6) is 1.08. The zero-order valence-electron chi connectivity index (χ0n) is 24.7. The van der Waals surface area contributed by atoms with Gasteiger partial charge in [0.25, 0.3) is 0 Å². The number of fused-ring (bicyclic) bond motifs is 2. The van der Waals surface area contributed by atoms with Crippen LogP contribution in [-0.2, 0) is 14.1 Å². The van der Waals surface area contributed by atoms with Crippen LogP contribution in [0.3, 0.4) is 0 Å². The minimum absolute atomic E-state index is 0.229. The number of nitrogens with one attached hydrogen (secondary N) is 1. The second-order valence-corrected chi connectivity index (χ2v) is 10.8. The average molecular weight is 582 g/mol. The first-order valence-corrected chi connectivity index (χ1v) is 14.1. The lowest BCUT2D eigenvalue weighted by Crippen LogP contribution is -2.54. The van der Waals surface area contributed by atoms with E-state index in [1.54, 1.807) is 28.2 Å². The van der Waals surface area contributed by atoms with Gasteiger partial charge in [-0.25, -0.2) is 14.8 Å². The van der Waals surface area contributed by atoms with E-state index in [0.29, 0.717) is 11.7 Å². The molecule has 0 radical (unpaired) electrons. The van der Waals surface area contributed by atoms with Crippen molar-refractivity contribution in [2.24, 2.45) is 19.2 Å². The Balaban J connectivity index is 1.36. The van der Waals surface area contributed by atoms with Gasteiger partial charge in [0.2, 0.25) is 5.82 Å². The standard InChI is InChI=1S/C34H29N8O2/c1-39-33(43)40(2)36-31(35-39)23-17-13-21(14-18-23)29-25-9-5-7-11-27(25)30(28-12-8-6-10-26(28)29)22-15-19-24(20-16-22)32-37-41(3)34(44)42(4)38-32/h5-20H,1-4H3,(H,35,36)/q+1. The Kier molecular flexibility index (Phi) is 6.39. The number of amidine groups is 1. The Labute approximate surface area is 253 Å². The molecule has 216 valence electrons. The zero-order chi connectivity index (χ0) is 30.5. The number of rotatable bonds is 4. The van der Waals surface area contributed by atoms with Crippen molar-refractivity contribution in [2.45, 2.75) is 0 Å². The van der Waals surface area contributed by atoms with Gasteiger partial charge < -0.3 is 0 Å². The summed E-state index contributed by atoms with van der Waals surface area (Å²) in [6.07, 6.45) is 0. The predicted octanol–water partition coefficient (Wildman–Crippen LogP) is 4.47. The molecule has 0 aliphatic carbocycles. The van der Waals surface area contributed by atoms with Crippen molar-refractivity contribution in [3.05, 3.63) is 113 Å². The van der Waals surface area contributed by atoms with Crippen LogP contribution in [0.5, 0.6) is 0 Å². The fourth-order valence-corrected chi connectivity index (χ4v) is 5.81. The van der Waals surface area contributed by atoms with Gasteiger partial charge in [0.1, 0.15) is 14.1 Å². The van der Waals surface area contributed by atoms with Crippen LogP contribution in [0.15, 0.2) is 107 Å². The highest BCUT2D eigenvalue weighted by molar-refractivity contribution is 6.21. The maximum atomic E-state index is 12.1. The molecule has 0 saturated carbocycles. The lowest BCUT2D eigenvalue weighted by atomic mass is 9.85. The first-order valence-electron chi connectivity index (χ1n) is 14.1. The van der Waals surface area contributed by atoms with Gasteiger partial charge in [-0.15, -0.1) is 5.10 Å². The third kappa shape index (κ3) is 4.44. The Morgan fingerprint density at radius 1 is 0.636 bits per heavy atom. The van der Waals surface area contributed by atoms with E-state index in [1.807, 2.05) is 24.3 Å². The first-order chi connectivity index (χ1) is 21.3. The van der Waals surface area contributed by atoms with Crippen molar-refractivity contribution < 1.29 is 9.48 Å². The average Bonchev–Trinajstić information content (AvgIpc) is 3.04. The first kappa shape index (κ1) is 27.0. The van der Waals surface area contributed by atoms with Crippen molar-refractivity contribution in [1.82, 2.24) is 30.3 Å². The topological polar surface area (TPSA) is 99.6 Å². The van der Waals surface area contributed by atoms with Gasteiger partial charge in [0, 0.05) is 25.2 Å². The second-order valence-electron chi connectivity index (χ2n) is 10.8.